The normalized spacial score (nSPS) is 11.6. The average molecular weight is 1910 g/mol. The predicted octanol–water partition coefficient (Wildman–Crippen LogP) is 37.4. The molecule has 0 radical (unpaired) electrons. The lowest BCUT2D eigenvalue weighted by molar-refractivity contribution is 1.18. The lowest BCUT2D eigenvalue weighted by atomic mass is 10.0. The van der Waals surface area contributed by atoms with Gasteiger partial charge in [0.15, 0.2) is 0 Å². The van der Waals surface area contributed by atoms with Crippen molar-refractivity contribution in [1.29, 1.82) is 0 Å². The van der Waals surface area contributed by atoms with Crippen molar-refractivity contribution < 1.29 is 0 Å². The summed E-state index contributed by atoms with van der Waals surface area (Å²) in [6.45, 7) is 0. The molecule has 150 heavy (non-hydrogen) atoms. The van der Waals surface area contributed by atoms with E-state index in [9.17, 15) is 0 Å². The zero-order chi connectivity index (χ0) is 99.1. The van der Waals surface area contributed by atoms with Crippen LogP contribution in [0.2, 0.25) is 0 Å². The van der Waals surface area contributed by atoms with E-state index in [1.807, 2.05) is 30.7 Å². The topological polar surface area (TPSA) is 55.4 Å². The van der Waals surface area contributed by atoms with Crippen LogP contribution < -0.4 is 0 Å². The highest BCUT2D eigenvalue weighted by Gasteiger charge is 2.24. The number of para-hydroxylation sites is 6. The molecule has 22 aromatic carbocycles. The summed E-state index contributed by atoms with van der Waals surface area (Å²) in [7, 11) is 0. The van der Waals surface area contributed by atoms with E-state index in [1.54, 1.807) is 0 Å². The van der Waals surface area contributed by atoms with Gasteiger partial charge >= 0.3 is 0 Å². The quantitative estimate of drug-likeness (QED) is 0.103. The highest BCUT2D eigenvalue weighted by molar-refractivity contribution is 6.17. The minimum atomic E-state index is 0.971. The first kappa shape index (κ1) is 87.7. The SMILES string of the molecule is c1ccc(-c2ccc(-n3c4ccccc4c4cc(-c5ccc6c(c5)c5ccccc5n6-c5cccc(-c6ccccn6)c5)ccc43)cc2)cc1.c1ccc(-c2ccc(-n3c4ccccc4c4cc(-c5ccc6c(c5)c5ccccc5n6-c5cccc(-c6ccncc6)c5)ccc43)cc2)cc1.c1ccc(-c2cccc(-n3c4ccccc4c4cc(-c5ccc6c7ccccc7n(-c7cccc(-c8ccccc8)c7)c6c5)ccc43)c2)cc1. The van der Waals surface area contributed by atoms with Crippen LogP contribution in [0.15, 0.2) is 571 Å². The fourth-order valence-electron chi connectivity index (χ4n) is 23.1. The van der Waals surface area contributed by atoms with Crippen molar-refractivity contribution in [2.45, 2.75) is 0 Å². The Bertz CT molecular complexity index is 10000. The first-order valence-electron chi connectivity index (χ1n) is 51.3. The summed E-state index contributed by atoms with van der Waals surface area (Å²) in [4.78, 5) is 8.82. The van der Waals surface area contributed by atoms with Gasteiger partial charge < -0.3 is 27.4 Å². The van der Waals surface area contributed by atoms with E-state index in [0.29, 0.717) is 0 Å². The summed E-state index contributed by atoms with van der Waals surface area (Å²) in [5.74, 6) is 0. The summed E-state index contributed by atoms with van der Waals surface area (Å²) in [5.41, 5.74) is 42.7. The van der Waals surface area contributed by atoms with Crippen molar-refractivity contribution in [2.24, 2.45) is 0 Å². The van der Waals surface area contributed by atoms with Crippen molar-refractivity contribution in [3.63, 3.8) is 0 Å². The number of pyridine rings is 2. The molecule has 30 rings (SSSR count). The second-order valence-electron chi connectivity index (χ2n) is 38.7. The third-order valence-corrected chi connectivity index (χ3v) is 30.1. The van der Waals surface area contributed by atoms with Gasteiger partial charge in [-0.25, -0.2) is 0 Å². The van der Waals surface area contributed by atoms with Gasteiger partial charge in [-0.05, 0) is 289 Å². The second kappa shape index (κ2) is 37.3. The van der Waals surface area contributed by atoms with Crippen LogP contribution in [-0.4, -0.2) is 37.4 Å². The number of hydrogen-bond donors (Lipinski definition) is 0. The highest BCUT2D eigenvalue weighted by atomic mass is 15.0. The molecule has 0 saturated carbocycles. The molecule has 0 unspecified atom stereocenters. The molecule has 0 aliphatic carbocycles. The molecule has 0 amide bonds. The molecule has 0 aliphatic rings. The summed E-state index contributed by atoms with van der Waals surface area (Å²) < 4.78 is 14.4. The standard InChI is InChI=1S/C48H32N2.2C47H31N3/c1-3-13-33(14-4-1)35-17-11-19-39(29-35)49-46-24-10-8-22-42(46)44-31-37(26-28-47(44)49)38-25-27-43-41-21-7-9-23-45(41)50(48(43)32-38)40-20-12-18-36(30-40)34-15-5-2-6-16-34;1-2-11-32(12-3-1)33-20-24-37(25-21-33)49-44-18-6-4-15-39(44)41-30-34(22-26-46(41)49)35-23-27-47-42(31-35)40-16-5-7-19-45(40)50(47)38-14-10-13-36(29-38)43-17-8-9-28-48-43;1-2-9-32(10-3-1)33-17-21-38(22-18-33)49-44-15-6-4-13-40(44)42-30-36(19-23-46(42)49)37-20-24-47-43(31-37)41-14-5-7-16-45(41)50(47)39-12-8-11-35(29-39)34-25-27-48-28-26-34/h1-32H;2*1-31H. The maximum Gasteiger partial charge on any atom is 0.0702 e. The van der Waals surface area contributed by atoms with Crippen LogP contribution in [0, 0.1) is 0 Å². The van der Waals surface area contributed by atoms with Crippen molar-refractivity contribution in [2.75, 3.05) is 0 Å². The summed E-state index contributed by atoms with van der Waals surface area (Å²) in [5, 5.41) is 15.0. The molecule has 8 nitrogen and oxygen atoms in total. The monoisotopic (exact) mass is 1910 g/mol. The fourth-order valence-corrected chi connectivity index (χ4v) is 23.1. The van der Waals surface area contributed by atoms with E-state index in [1.165, 1.54) is 214 Å². The Hall–Kier alpha value is -20.1. The molecule has 8 heterocycles. The number of nitrogens with zero attached hydrogens (tertiary/aromatic N) is 8. The summed E-state index contributed by atoms with van der Waals surface area (Å²) >= 11 is 0. The van der Waals surface area contributed by atoms with E-state index >= 15 is 0 Å². The Morgan fingerprint density at radius 3 is 0.640 bits per heavy atom. The maximum atomic E-state index is 4.60. The molecule has 0 spiro atoms. The van der Waals surface area contributed by atoms with Gasteiger partial charge in [0.2, 0.25) is 0 Å². The van der Waals surface area contributed by atoms with Gasteiger partial charge in [-0.15, -0.1) is 0 Å². The van der Waals surface area contributed by atoms with Crippen LogP contribution in [0.1, 0.15) is 0 Å². The number of aromatic nitrogens is 8. The summed E-state index contributed by atoms with van der Waals surface area (Å²) in [6, 6.07) is 200. The predicted molar refractivity (Wildman–Crippen MR) is 630 cm³/mol. The van der Waals surface area contributed by atoms with Crippen molar-refractivity contribution in [1.82, 2.24) is 37.4 Å². The molecule has 0 atom stereocenters. The van der Waals surface area contributed by atoms with E-state index in [4.69, 9.17) is 0 Å². The molecule has 8 heteroatoms. The van der Waals surface area contributed by atoms with Crippen LogP contribution in [0.4, 0.5) is 0 Å². The summed E-state index contributed by atoms with van der Waals surface area (Å²) in [6.07, 6.45) is 5.55. The third kappa shape index (κ3) is 15.6. The molecule has 0 aliphatic heterocycles. The lowest BCUT2D eigenvalue weighted by Gasteiger charge is -2.12. The molecule has 702 valence electrons. The van der Waals surface area contributed by atoms with Crippen LogP contribution in [0.3, 0.4) is 0 Å². The van der Waals surface area contributed by atoms with Crippen LogP contribution >= 0.6 is 0 Å². The Morgan fingerprint density at radius 2 is 0.320 bits per heavy atom. The van der Waals surface area contributed by atoms with Crippen molar-refractivity contribution in [3.8, 4) is 134 Å². The van der Waals surface area contributed by atoms with Gasteiger partial charge in [0.05, 0.1) is 71.9 Å². The number of fused-ring (bicyclic) bond motifs is 18. The minimum Gasteiger partial charge on any atom is -0.309 e. The van der Waals surface area contributed by atoms with Crippen molar-refractivity contribution in [3.05, 3.63) is 571 Å². The largest absolute Gasteiger partial charge is 0.309 e. The molecule has 0 bridgehead atoms. The molecule has 8 aromatic heterocycles. The van der Waals surface area contributed by atoms with Crippen LogP contribution in [0.5, 0.6) is 0 Å². The van der Waals surface area contributed by atoms with Gasteiger partial charge in [0, 0.05) is 123 Å². The van der Waals surface area contributed by atoms with E-state index < -0.39 is 0 Å². The minimum absolute atomic E-state index is 0.971. The first-order valence-corrected chi connectivity index (χ1v) is 51.3. The average Bonchev–Trinajstić information content (AvgIpc) is 1.56. The lowest BCUT2D eigenvalue weighted by Crippen LogP contribution is -1.95. The first-order chi connectivity index (χ1) is 74.4. The van der Waals surface area contributed by atoms with Gasteiger partial charge in [0.25, 0.3) is 0 Å². The Morgan fingerprint density at radius 1 is 0.107 bits per heavy atom. The molecule has 0 saturated heterocycles. The molecule has 0 N–H and O–H groups in total. The molecular weight excluding hydrogens is 1820 g/mol. The van der Waals surface area contributed by atoms with Gasteiger partial charge in [-0.3, -0.25) is 9.97 Å². The smallest absolute Gasteiger partial charge is 0.0702 e. The molecular formula is C142H94N8. The third-order valence-electron chi connectivity index (χ3n) is 30.1. The van der Waals surface area contributed by atoms with Gasteiger partial charge in [-0.2, -0.15) is 0 Å². The van der Waals surface area contributed by atoms with E-state index in [0.717, 1.165) is 50.9 Å². The van der Waals surface area contributed by atoms with Crippen LogP contribution in [-0.2, 0) is 0 Å². The van der Waals surface area contributed by atoms with Gasteiger partial charge in [0.1, 0.15) is 0 Å². The van der Waals surface area contributed by atoms with E-state index in [2.05, 4.69) is 577 Å². The number of benzene rings is 22. The second-order valence-corrected chi connectivity index (χ2v) is 38.7. The molecule has 0 fully saturated rings. The molecule has 30 aromatic rings. The van der Waals surface area contributed by atoms with Crippen LogP contribution in [0.25, 0.3) is 265 Å². The van der Waals surface area contributed by atoms with E-state index in [-0.39, 0.29) is 0 Å². The number of rotatable bonds is 15. The maximum absolute atomic E-state index is 4.60. The Labute approximate surface area is 867 Å². The zero-order valence-corrected chi connectivity index (χ0v) is 81.8. The highest BCUT2D eigenvalue weighted by Crippen LogP contribution is 2.46. The number of hydrogen-bond acceptors (Lipinski definition) is 2. The van der Waals surface area contributed by atoms with Crippen molar-refractivity contribution >= 4 is 131 Å². The fraction of sp³-hybridized carbons (Fsp3) is 0. The Balaban J connectivity index is 0.000000108. The Kier molecular flexibility index (Phi) is 21.8. The zero-order valence-electron chi connectivity index (χ0n) is 81.8. The van der Waals surface area contributed by atoms with Gasteiger partial charge in [-0.1, -0.05) is 352 Å².